The molecule has 6 heteroatoms. The third-order valence-electron chi connectivity index (χ3n) is 3.55. The summed E-state index contributed by atoms with van der Waals surface area (Å²) in [5, 5.41) is 5.87. The van der Waals surface area contributed by atoms with Crippen LogP contribution in [0.1, 0.15) is 23.3 Å². The highest BCUT2D eigenvalue weighted by atomic mass is 16.2. The van der Waals surface area contributed by atoms with Gasteiger partial charge in [-0.3, -0.25) is 14.6 Å². The number of hydrogen-bond acceptors (Lipinski definition) is 4. The van der Waals surface area contributed by atoms with Gasteiger partial charge in [-0.2, -0.15) is 0 Å². The molecule has 2 rings (SSSR count). The van der Waals surface area contributed by atoms with E-state index >= 15 is 0 Å². The first-order valence-corrected chi connectivity index (χ1v) is 6.84. The van der Waals surface area contributed by atoms with Crippen molar-refractivity contribution >= 4 is 11.8 Å². The Balaban J connectivity index is 1.81. The lowest BCUT2D eigenvalue weighted by Gasteiger charge is -2.31. The van der Waals surface area contributed by atoms with Crippen molar-refractivity contribution in [1.82, 2.24) is 20.5 Å². The van der Waals surface area contributed by atoms with Gasteiger partial charge < -0.3 is 15.5 Å². The number of rotatable bonds is 4. The molecule has 0 aliphatic carbocycles. The standard InChI is InChI=1S/C14H20N4O2/c1-18(11-5-8-15-9-6-11)13(19)10-17-14(20)12-4-2-3-7-16-12/h2-4,7,11,15H,5-6,8-10H2,1H3,(H,17,20). The summed E-state index contributed by atoms with van der Waals surface area (Å²) < 4.78 is 0. The molecule has 0 spiro atoms. The van der Waals surface area contributed by atoms with Crippen LogP contribution in [-0.2, 0) is 4.79 Å². The molecule has 108 valence electrons. The fourth-order valence-electron chi connectivity index (χ4n) is 2.27. The van der Waals surface area contributed by atoms with Gasteiger partial charge in [0, 0.05) is 19.3 Å². The van der Waals surface area contributed by atoms with Crippen molar-refractivity contribution in [2.45, 2.75) is 18.9 Å². The fourth-order valence-corrected chi connectivity index (χ4v) is 2.27. The number of likely N-dealkylation sites (N-methyl/N-ethyl adjacent to an activating group) is 1. The van der Waals surface area contributed by atoms with Crippen molar-refractivity contribution in [3.05, 3.63) is 30.1 Å². The lowest BCUT2D eigenvalue weighted by Crippen LogP contribution is -2.47. The van der Waals surface area contributed by atoms with Gasteiger partial charge in [-0.25, -0.2) is 0 Å². The van der Waals surface area contributed by atoms with Crippen molar-refractivity contribution in [2.24, 2.45) is 0 Å². The molecule has 0 aromatic carbocycles. The Bertz CT molecular complexity index is 458. The Hall–Kier alpha value is -1.95. The minimum Gasteiger partial charge on any atom is -0.342 e. The molecular weight excluding hydrogens is 256 g/mol. The molecule has 0 radical (unpaired) electrons. The smallest absolute Gasteiger partial charge is 0.270 e. The molecule has 1 aromatic heterocycles. The van der Waals surface area contributed by atoms with E-state index in [1.807, 2.05) is 0 Å². The van der Waals surface area contributed by atoms with Crippen LogP contribution in [0.5, 0.6) is 0 Å². The zero-order chi connectivity index (χ0) is 14.4. The number of pyridine rings is 1. The second kappa shape index (κ2) is 7.00. The topological polar surface area (TPSA) is 74.3 Å². The van der Waals surface area contributed by atoms with Gasteiger partial charge in [-0.05, 0) is 38.1 Å². The van der Waals surface area contributed by atoms with Crippen LogP contribution < -0.4 is 10.6 Å². The summed E-state index contributed by atoms with van der Waals surface area (Å²) in [6.07, 6.45) is 3.46. The number of hydrogen-bond donors (Lipinski definition) is 2. The first-order chi connectivity index (χ1) is 9.68. The van der Waals surface area contributed by atoms with E-state index in [0.29, 0.717) is 5.69 Å². The van der Waals surface area contributed by atoms with Crippen LogP contribution >= 0.6 is 0 Å². The van der Waals surface area contributed by atoms with Gasteiger partial charge >= 0.3 is 0 Å². The van der Waals surface area contributed by atoms with Crippen LogP contribution in [-0.4, -0.2) is 54.4 Å². The molecule has 2 N–H and O–H groups in total. The van der Waals surface area contributed by atoms with E-state index in [2.05, 4.69) is 15.6 Å². The molecule has 0 unspecified atom stereocenters. The third kappa shape index (κ3) is 3.77. The van der Waals surface area contributed by atoms with E-state index in [-0.39, 0.29) is 24.4 Å². The molecular formula is C14H20N4O2. The second-order valence-electron chi connectivity index (χ2n) is 4.88. The highest BCUT2D eigenvalue weighted by Gasteiger charge is 2.22. The minimum absolute atomic E-state index is 0.00976. The normalized spacial score (nSPS) is 15.7. The average molecular weight is 276 g/mol. The minimum atomic E-state index is -0.322. The van der Waals surface area contributed by atoms with E-state index in [1.54, 1.807) is 36.3 Å². The van der Waals surface area contributed by atoms with E-state index in [1.165, 1.54) is 0 Å². The van der Waals surface area contributed by atoms with Gasteiger partial charge in [-0.1, -0.05) is 6.07 Å². The molecule has 1 aliphatic rings. The monoisotopic (exact) mass is 276 g/mol. The predicted octanol–water partition coefficient (Wildman–Crippen LogP) is 0.0218. The quantitative estimate of drug-likeness (QED) is 0.813. The number of nitrogens with one attached hydrogen (secondary N) is 2. The Morgan fingerprint density at radius 2 is 2.15 bits per heavy atom. The first kappa shape index (κ1) is 14.5. The van der Waals surface area contributed by atoms with Gasteiger partial charge in [-0.15, -0.1) is 0 Å². The Labute approximate surface area is 118 Å². The van der Waals surface area contributed by atoms with E-state index in [0.717, 1.165) is 25.9 Å². The van der Waals surface area contributed by atoms with Crippen LogP contribution in [0.2, 0.25) is 0 Å². The molecule has 1 aromatic rings. The Kier molecular flexibility index (Phi) is 5.06. The van der Waals surface area contributed by atoms with Crippen molar-refractivity contribution < 1.29 is 9.59 Å². The summed E-state index contributed by atoms with van der Waals surface area (Å²) >= 11 is 0. The number of carbonyl (C=O) groups is 2. The SMILES string of the molecule is CN(C(=O)CNC(=O)c1ccccn1)C1CCNCC1. The van der Waals surface area contributed by atoms with E-state index in [9.17, 15) is 9.59 Å². The largest absolute Gasteiger partial charge is 0.342 e. The van der Waals surface area contributed by atoms with Gasteiger partial charge in [0.15, 0.2) is 0 Å². The molecule has 2 amide bonds. The summed E-state index contributed by atoms with van der Waals surface area (Å²) in [4.78, 5) is 29.5. The maximum atomic E-state index is 12.0. The Morgan fingerprint density at radius 3 is 2.80 bits per heavy atom. The van der Waals surface area contributed by atoms with Crippen LogP contribution in [0.25, 0.3) is 0 Å². The molecule has 2 heterocycles. The van der Waals surface area contributed by atoms with Gasteiger partial charge in [0.2, 0.25) is 5.91 Å². The Morgan fingerprint density at radius 1 is 1.40 bits per heavy atom. The third-order valence-corrected chi connectivity index (χ3v) is 3.55. The summed E-state index contributed by atoms with van der Waals surface area (Å²) in [7, 11) is 1.80. The molecule has 0 bridgehead atoms. The maximum absolute atomic E-state index is 12.0. The van der Waals surface area contributed by atoms with Crippen molar-refractivity contribution in [1.29, 1.82) is 0 Å². The summed E-state index contributed by atoms with van der Waals surface area (Å²) in [6, 6.07) is 5.36. The molecule has 6 nitrogen and oxygen atoms in total. The van der Waals surface area contributed by atoms with Crippen LogP contribution in [0.4, 0.5) is 0 Å². The molecule has 20 heavy (non-hydrogen) atoms. The summed E-state index contributed by atoms with van der Waals surface area (Å²) in [5.74, 6) is -0.390. The van der Waals surface area contributed by atoms with E-state index < -0.39 is 0 Å². The lowest BCUT2D eigenvalue weighted by atomic mass is 10.1. The van der Waals surface area contributed by atoms with Gasteiger partial charge in [0.05, 0.1) is 6.54 Å². The molecule has 0 atom stereocenters. The summed E-state index contributed by atoms with van der Waals surface area (Å²) in [5.41, 5.74) is 0.324. The zero-order valence-electron chi connectivity index (χ0n) is 11.6. The fraction of sp³-hybridized carbons (Fsp3) is 0.500. The second-order valence-corrected chi connectivity index (χ2v) is 4.88. The van der Waals surface area contributed by atoms with Crippen LogP contribution in [0.3, 0.4) is 0 Å². The highest BCUT2D eigenvalue weighted by Crippen LogP contribution is 2.09. The lowest BCUT2D eigenvalue weighted by molar-refractivity contribution is -0.131. The summed E-state index contributed by atoms with van der Waals surface area (Å²) in [6.45, 7) is 1.88. The van der Waals surface area contributed by atoms with Crippen LogP contribution in [0, 0.1) is 0 Å². The number of aromatic nitrogens is 1. The van der Waals surface area contributed by atoms with Crippen LogP contribution in [0.15, 0.2) is 24.4 Å². The molecule has 1 fully saturated rings. The maximum Gasteiger partial charge on any atom is 0.270 e. The number of amides is 2. The zero-order valence-corrected chi connectivity index (χ0v) is 11.6. The van der Waals surface area contributed by atoms with Gasteiger partial charge in [0.1, 0.15) is 5.69 Å². The van der Waals surface area contributed by atoms with Gasteiger partial charge in [0.25, 0.3) is 5.91 Å². The number of carbonyl (C=O) groups excluding carboxylic acids is 2. The van der Waals surface area contributed by atoms with Crippen molar-refractivity contribution in [2.75, 3.05) is 26.7 Å². The van der Waals surface area contributed by atoms with Crippen molar-refractivity contribution in [3.8, 4) is 0 Å². The predicted molar refractivity (Wildman–Crippen MR) is 75.2 cm³/mol. The highest BCUT2D eigenvalue weighted by molar-refractivity contribution is 5.94. The van der Waals surface area contributed by atoms with Crippen molar-refractivity contribution in [3.63, 3.8) is 0 Å². The molecule has 0 saturated carbocycles. The van der Waals surface area contributed by atoms with E-state index in [4.69, 9.17) is 0 Å². The molecule has 1 aliphatic heterocycles. The first-order valence-electron chi connectivity index (χ1n) is 6.84. The number of nitrogens with zero attached hydrogens (tertiary/aromatic N) is 2. The molecule has 1 saturated heterocycles. The average Bonchev–Trinajstić information content (AvgIpc) is 2.53. The number of piperidine rings is 1.